The summed E-state index contributed by atoms with van der Waals surface area (Å²) in [7, 11) is 0. The predicted octanol–water partition coefficient (Wildman–Crippen LogP) is 8.19. The highest BCUT2D eigenvalue weighted by Crippen LogP contribution is 2.15. The second-order valence-corrected chi connectivity index (χ2v) is 7.89. The van der Waals surface area contributed by atoms with E-state index >= 15 is 0 Å². The minimum atomic E-state index is -0.0285. The molecule has 24 heavy (non-hydrogen) atoms. The predicted molar refractivity (Wildman–Crippen MR) is 110 cm³/mol. The van der Waals surface area contributed by atoms with Gasteiger partial charge in [-0.3, -0.25) is 0 Å². The Labute approximate surface area is 154 Å². The summed E-state index contributed by atoms with van der Waals surface area (Å²) in [5, 5.41) is 10.0. The van der Waals surface area contributed by atoms with Crippen molar-refractivity contribution < 1.29 is 5.11 Å². The SMILES string of the molecule is CCCCCCCCCCCCCC(O)CCCCCCCCC. The van der Waals surface area contributed by atoms with Gasteiger partial charge in [-0.05, 0) is 12.8 Å². The lowest BCUT2D eigenvalue weighted by molar-refractivity contribution is 0.147. The molecule has 0 saturated carbocycles. The van der Waals surface area contributed by atoms with E-state index < -0.39 is 0 Å². The Morgan fingerprint density at radius 2 is 0.667 bits per heavy atom. The van der Waals surface area contributed by atoms with Crippen LogP contribution in [0.1, 0.15) is 142 Å². The van der Waals surface area contributed by atoms with Crippen molar-refractivity contribution in [2.45, 2.75) is 148 Å². The molecule has 0 aliphatic carbocycles. The fraction of sp³-hybridized carbons (Fsp3) is 1.00. The van der Waals surface area contributed by atoms with Gasteiger partial charge in [0, 0.05) is 0 Å². The number of hydrogen-bond donors (Lipinski definition) is 1. The molecule has 0 aromatic heterocycles. The van der Waals surface area contributed by atoms with Gasteiger partial charge >= 0.3 is 0 Å². The molecule has 0 heterocycles. The lowest BCUT2D eigenvalue weighted by Gasteiger charge is -2.10. The molecular formula is C23H48O. The van der Waals surface area contributed by atoms with Gasteiger partial charge < -0.3 is 5.11 Å². The maximum atomic E-state index is 10.0. The number of aliphatic hydroxyl groups is 1. The third-order valence-electron chi connectivity index (χ3n) is 5.28. The second kappa shape index (κ2) is 21.0. The first-order valence-electron chi connectivity index (χ1n) is 11.5. The standard InChI is InChI=1S/C23H48O/c1-3-5-7-9-11-12-13-14-16-18-20-22-23(24)21-19-17-15-10-8-6-4-2/h23-24H,3-22H2,1-2H3. The van der Waals surface area contributed by atoms with E-state index in [1.165, 1.54) is 116 Å². The lowest BCUT2D eigenvalue weighted by atomic mass is 10.0. The zero-order valence-corrected chi connectivity index (χ0v) is 17.2. The molecule has 0 aromatic rings. The van der Waals surface area contributed by atoms with Crippen LogP contribution in [0.25, 0.3) is 0 Å². The van der Waals surface area contributed by atoms with Crippen molar-refractivity contribution in [3.8, 4) is 0 Å². The van der Waals surface area contributed by atoms with Crippen LogP contribution in [0.3, 0.4) is 0 Å². The summed E-state index contributed by atoms with van der Waals surface area (Å²) in [6, 6.07) is 0. The summed E-state index contributed by atoms with van der Waals surface area (Å²) in [6.07, 6.45) is 26.7. The summed E-state index contributed by atoms with van der Waals surface area (Å²) in [5.41, 5.74) is 0. The first-order chi connectivity index (χ1) is 11.8. The Balaban J connectivity index is 3.11. The van der Waals surface area contributed by atoms with Crippen LogP contribution in [-0.2, 0) is 0 Å². The van der Waals surface area contributed by atoms with Crippen LogP contribution >= 0.6 is 0 Å². The van der Waals surface area contributed by atoms with Crippen LogP contribution in [0.5, 0.6) is 0 Å². The number of aliphatic hydroxyl groups excluding tert-OH is 1. The molecule has 0 aliphatic rings. The van der Waals surface area contributed by atoms with Crippen LogP contribution in [0, 0.1) is 0 Å². The van der Waals surface area contributed by atoms with E-state index in [1.807, 2.05) is 0 Å². The van der Waals surface area contributed by atoms with Gasteiger partial charge in [0.25, 0.3) is 0 Å². The minimum Gasteiger partial charge on any atom is -0.393 e. The van der Waals surface area contributed by atoms with Crippen molar-refractivity contribution in [1.82, 2.24) is 0 Å². The molecule has 0 aliphatic heterocycles. The van der Waals surface area contributed by atoms with Crippen molar-refractivity contribution in [3.63, 3.8) is 0 Å². The van der Waals surface area contributed by atoms with Crippen molar-refractivity contribution in [1.29, 1.82) is 0 Å². The summed E-state index contributed by atoms with van der Waals surface area (Å²) in [4.78, 5) is 0. The van der Waals surface area contributed by atoms with Gasteiger partial charge in [0.05, 0.1) is 6.10 Å². The molecule has 1 unspecified atom stereocenters. The Kier molecular flexibility index (Phi) is 21.0. The Morgan fingerprint density at radius 1 is 0.417 bits per heavy atom. The molecular weight excluding hydrogens is 292 g/mol. The highest BCUT2D eigenvalue weighted by atomic mass is 16.3. The molecule has 0 aromatic carbocycles. The van der Waals surface area contributed by atoms with E-state index in [2.05, 4.69) is 13.8 Å². The topological polar surface area (TPSA) is 20.2 Å². The fourth-order valence-corrected chi connectivity index (χ4v) is 3.53. The summed E-state index contributed by atoms with van der Waals surface area (Å²) in [5.74, 6) is 0. The van der Waals surface area contributed by atoms with E-state index in [1.54, 1.807) is 0 Å². The molecule has 0 amide bonds. The first-order valence-corrected chi connectivity index (χ1v) is 11.5. The van der Waals surface area contributed by atoms with E-state index in [9.17, 15) is 5.11 Å². The maximum Gasteiger partial charge on any atom is 0.0540 e. The smallest absolute Gasteiger partial charge is 0.0540 e. The van der Waals surface area contributed by atoms with Crippen molar-refractivity contribution >= 4 is 0 Å². The van der Waals surface area contributed by atoms with Crippen LogP contribution in [-0.4, -0.2) is 11.2 Å². The van der Waals surface area contributed by atoms with Gasteiger partial charge in [-0.25, -0.2) is 0 Å². The van der Waals surface area contributed by atoms with Gasteiger partial charge in [0.15, 0.2) is 0 Å². The van der Waals surface area contributed by atoms with Gasteiger partial charge in [0.1, 0.15) is 0 Å². The van der Waals surface area contributed by atoms with Crippen molar-refractivity contribution in [2.24, 2.45) is 0 Å². The third kappa shape index (κ3) is 20.0. The third-order valence-corrected chi connectivity index (χ3v) is 5.28. The number of hydrogen-bond acceptors (Lipinski definition) is 1. The van der Waals surface area contributed by atoms with Gasteiger partial charge in [-0.2, -0.15) is 0 Å². The normalized spacial score (nSPS) is 12.6. The van der Waals surface area contributed by atoms with Gasteiger partial charge in [-0.15, -0.1) is 0 Å². The van der Waals surface area contributed by atoms with E-state index in [-0.39, 0.29) is 6.10 Å². The number of rotatable bonds is 20. The summed E-state index contributed by atoms with van der Waals surface area (Å²) < 4.78 is 0. The van der Waals surface area contributed by atoms with E-state index in [4.69, 9.17) is 0 Å². The highest BCUT2D eigenvalue weighted by molar-refractivity contribution is 4.57. The average Bonchev–Trinajstić information content (AvgIpc) is 2.59. The molecule has 1 atom stereocenters. The van der Waals surface area contributed by atoms with Crippen LogP contribution < -0.4 is 0 Å². The minimum absolute atomic E-state index is 0.0285. The highest BCUT2D eigenvalue weighted by Gasteiger charge is 2.03. The monoisotopic (exact) mass is 340 g/mol. The average molecular weight is 341 g/mol. The molecule has 1 N–H and O–H groups in total. The van der Waals surface area contributed by atoms with Crippen molar-refractivity contribution in [2.75, 3.05) is 0 Å². The van der Waals surface area contributed by atoms with E-state index in [0.29, 0.717) is 0 Å². The number of unbranched alkanes of at least 4 members (excludes halogenated alkanes) is 16. The first kappa shape index (κ1) is 24.0. The molecule has 0 fully saturated rings. The summed E-state index contributed by atoms with van der Waals surface area (Å²) >= 11 is 0. The molecule has 0 rings (SSSR count). The summed E-state index contributed by atoms with van der Waals surface area (Å²) in [6.45, 7) is 4.55. The molecule has 146 valence electrons. The molecule has 0 spiro atoms. The quantitative estimate of drug-likeness (QED) is 0.221. The molecule has 0 saturated heterocycles. The molecule has 1 heteroatoms. The molecule has 0 bridgehead atoms. The molecule has 0 radical (unpaired) electrons. The zero-order valence-electron chi connectivity index (χ0n) is 17.2. The van der Waals surface area contributed by atoms with Crippen LogP contribution in [0.4, 0.5) is 0 Å². The maximum absolute atomic E-state index is 10.0. The van der Waals surface area contributed by atoms with Gasteiger partial charge in [-0.1, -0.05) is 129 Å². The largest absolute Gasteiger partial charge is 0.393 e. The Morgan fingerprint density at radius 3 is 0.958 bits per heavy atom. The van der Waals surface area contributed by atoms with Crippen molar-refractivity contribution in [3.05, 3.63) is 0 Å². The lowest BCUT2D eigenvalue weighted by Crippen LogP contribution is -2.05. The Hall–Kier alpha value is -0.0400. The van der Waals surface area contributed by atoms with Crippen LogP contribution in [0.2, 0.25) is 0 Å². The van der Waals surface area contributed by atoms with Crippen LogP contribution in [0.15, 0.2) is 0 Å². The molecule has 1 nitrogen and oxygen atoms in total. The zero-order chi connectivity index (χ0) is 17.7. The Bertz CT molecular complexity index is 214. The van der Waals surface area contributed by atoms with Gasteiger partial charge in [0.2, 0.25) is 0 Å². The van der Waals surface area contributed by atoms with E-state index in [0.717, 1.165) is 12.8 Å². The fourth-order valence-electron chi connectivity index (χ4n) is 3.53. The second-order valence-electron chi connectivity index (χ2n) is 7.89.